The van der Waals surface area contributed by atoms with Crippen molar-refractivity contribution in [3.05, 3.63) is 65.2 Å². The molecule has 2 heteroatoms. The molecule has 3 atom stereocenters. The molecule has 0 aromatic heterocycles. The van der Waals surface area contributed by atoms with E-state index in [9.17, 15) is 10.2 Å². The Bertz CT molecular complexity index is 769. The number of hydrogen-bond acceptors (Lipinski definition) is 2. The van der Waals surface area contributed by atoms with Gasteiger partial charge in [-0.15, -0.1) is 0 Å². The van der Waals surface area contributed by atoms with Crippen molar-refractivity contribution in [2.24, 2.45) is 5.92 Å². The lowest BCUT2D eigenvalue weighted by Crippen LogP contribution is -2.51. The summed E-state index contributed by atoms with van der Waals surface area (Å²) in [6, 6.07) is 16.7. The molecule has 0 heterocycles. The highest BCUT2D eigenvalue weighted by Crippen LogP contribution is 2.55. The van der Waals surface area contributed by atoms with Crippen molar-refractivity contribution in [2.45, 2.75) is 69.3 Å². The number of aryl methyl sites for hydroxylation is 1. The zero-order valence-corrected chi connectivity index (χ0v) is 15.7. The maximum atomic E-state index is 11.1. The van der Waals surface area contributed by atoms with Crippen LogP contribution in [0.2, 0.25) is 0 Å². The fourth-order valence-electron chi connectivity index (χ4n) is 5.73. The summed E-state index contributed by atoms with van der Waals surface area (Å²) >= 11 is 0. The van der Waals surface area contributed by atoms with Crippen LogP contribution in [-0.4, -0.2) is 15.8 Å². The third kappa shape index (κ3) is 3.05. The Morgan fingerprint density at radius 2 is 1.88 bits per heavy atom. The van der Waals surface area contributed by atoms with Crippen LogP contribution in [0.25, 0.3) is 0 Å². The molecule has 2 aliphatic rings. The van der Waals surface area contributed by atoms with Gasteiger partial charge in [0.25, 0.3) is 0 Å². The topological polar surface area (TPSA) is 40.5 Å². The van der Waals surface area contributed by atoms with Gasteiger partial charge in [-0.3, -0.25) is 0 Å². The molecule has 0 unspecified atom stereocenters. The van der Waals surface area contributed by atoms with E-state index in [1.54, 1.807) is 0 Å². The van der Waals surface area contributed by atoms with Crippen LogP contribution in [-0.2, 0) is 18.3 Å². The molecule has 4 rings (SSSR count). The predicted octanol–water partition coefficient (Wildman–Crippen LogP) is 5.15. The summed E-state index contributed by atoms with van der Waals surface area (Å²) in [5, 5.41) is 21.1. The zero-order valence-electron chi connectivity index (χ0n) is 15.7. The molecule has 2 aromatic carbocycles. The second-order valence-electron chi connectivity index (χ2n) is 8.57. The summed E-state index contributed by atoms with van der Waals surface area (Å²) in [4.78, 5) is 0. The molecule has 2 N–H and O–H groups in total. The van der Waals surface area contributed by atoms with E-state index >= 15 is 0 Å². The van der Waals surface area contributed by atoms with Crippen molar-refractivity contribution in [3.8, 4) is 5.75 Å². The lowest BCUT2D eigenvalue weighted by atomic mass is 9.52. The number of phenolic OH excluding ortho intramolecular Hbond substituents is 1. The highest BCUT2D eigenvalue weighted by molar-refractivity contribution is 5.44. The molecule has 138 valence electrons. The summed E-state index contributed by atoms with van der Waals surface area (Å²) in [6.07, 6.45) is 7.91. The van der Waals surface area contributed by atoms with Crippen LogP contribution in [0.15, 0.2) is 48.5 Å². The van der Waals surface area contributed by atoms with Gasteiger partial charge in [0.15, 0.2) is 0 Å². The fourth-order valence-corrected chi connectivity index (χ4v) is 5.73. The maximum Gasteiger partial charge on any atom is 0.115 e. The van der Waals surface area contributed by atoms with E-state index in [0.29, 0.717) is 11.7 Å². The van der Waals surface area contributed by atoms with Gasteiger partial charge in [-0.2, -0.15) is 0 Å². The Hall–Kier alpha value is -1.80. The number of phenols is 1. The van der Waals surface area contributed by atoms with Crippen LogP contribution in [0.5, 0.6) is 5.75 Å². The summed E-state index contributed by atoms with van der Waals surface area (Å²) in [7, 11) is 0. The van der Waals surface area contributed by atoms with E-state index < -0.39 is 5.60 Å². The van der Waals surface area contributed by atoms with Crippen molar-refractivity contribution in [3.63, 3.8) is 0 Å². The van der Waals surface area contributed by atoms with E-state index in [1.807, 2.05) is 12.1 Å². The number of hydrogen-bond donors (Lipinski definition) is 2. The van der Waals surface area contributed by atoms with Crippen LogP contribution in [0.1, 0.15) is 62.1 Å². The number of rotatable bonds is 4. The molecule has 0 amide bonds. The lowest BCUT2D eigenvalue weighted by Gasteiger charge is -2.53. The van der Waals surface area contributed by atoms with Crippen molar-refractivity contribution in [1.29, 1.82) is 0 Å². The molecular weight excluding hydrogens is 320 g/mol. The van der Waals surface area contributed by atoms with Crippen molar-refractivity contribution in [2.75, 3.05) is 0 Å². The summed E-state index contributed by atoms with van der Waals surface area (Å²) < 4.78 is 0. The van der Waals surface area contributed by atoms with E-state index in [4.69, 9.17) is 0 Å². The summed E-state index contributed by atoms with van der Waals surface area (Å²) in [6.45, 7) is 2.17. The maximum absolute atomic E-state index is 11.1. The monoisotopic (exact) mass is 350 g/mol. The first-order chi connectivity index (χ1) is 12.5. The minimum Gasteiger partial charge on any atom is -0.508 e. The Labute approximate surface area is 156 Å². The van der Waals surface area contributed by atoms with E-state index in [-0.39, 0.29) is 5.41 Å². The third-order valence-electron chi connectivity index (χ3n) is 6.91. The highest BCUT2D eigenvalue weighted by Gasteiger charge is 2.51. The van der Waals surface area contributed by atoms with Gasteiger partial charge in [0.1, 0.15) is 5.75 Å². The molecule has 1 saturated carbocycles. The van der Waals surface area contributed by atoms with E-state index in [2.05, 4.69) is 43.3 Å². The second-order valence-corrected chi connectivity index (χ2v) is 8.57. The van der Waals surface area contributed by atoms with Gasteiger partial charge in [0.2, 0.25) is 0 Å². The zero-order chi connectivity index (χ0) is 18.2. The fraction of sp³-hybridized carbons (Fsp3) is 0.500. The van der Waals surface area contributed by atoms with Crippen LogP contribution in [0, 0.1) is 5.92 Å². The molecular formula is C24H30O2. The molecule has 2 aliphatic carbocycles. The highest BCUT2D eigenvalue weighted by atomic mass is 16.3. The summed E-state index contributed by atoms with van der Waals surface area (Å²) in [5.74, 6) is 0.875. The SMILES string of the molecule is CCC[C@@]1(O)CC[C@@]2(Cc3ccccc3)c3ccc(O)cc3CC[C@@H]2C1. The van der Waals surface area contributed by atoms with Gasteiger partial charge in [-0.25, -0.2) is 0 Å². The van der Waals surface area contributed by atoms with Crippen LogP contribution in [0.4, 0.5) is 0 Å². The third-order valence-corrected chi connectivity index (χ3v) is 6.91. The Morgan fingerprint density at radius 1 is 1.08 bits per heavy atom. The van der Waals surface area contributed by atoms with Gasteiger partial charge in [0, 0.05) is 5.41 Å². The first-order valence-electron chi connectivity index (χ1n) is 10.1. The largest absolute Gasteiger partial charge is 0.508 e. The molecule has 0 radical (unpaired) electrons. The molecule has 0 saturated heterocycles. The Kier molecular flexibility index (Phi) is 4.56. The van der Waals surface area contributed by atoms with Crippen LogP contribution >= 0.6 is 0 Å². The predicted molar refractivity (Wildman–Crippen MR) is 105 cm³/mol. The van der Waals surface area contributed by atoms with Crippen LogP contribution < -0.4 is 0 Å². The van der Waals surface area contributed by atoms with Gasteiger partial charge in [-0.1, -0.05) is 49.7 Å². The lowest BCUT2D eigenvalue weighted by molar-refractivity contribution is -0.0565. The Morgan fingerprint density at radius 3 is 2.65 bits per heavy atom. The van der Waals surface area contributed by atoms with Gasteiger partial charge in [-0.05, 0) is 79.7 Å². The first kappa shape index (κ1) is 17.6. The molecule has 26 heavy (non-hydrogen) atoms. The van der Waals surface area contributed by atoms with Crippen molar-refractivity contribution >= 4 is 0 Å². The average Bonchev–Trinajstić information content (AvgIpc) is 2.63. The van der Waals surface area contributed by atoms with Crippen molar-refractivity contribution < 1.29 is 10.2 Å². The minimum absolute atomic E-state index is 0.0859. The number of aliphatic hydroxyl groups is 1. The Balaban J connectivity index is 1.76. The quantitative estimate of drug-likeness (QED) is 0.800. The first-order valence-corrected chi connectivity index (χ1v) is 10.1. The molecule has 2 nitrogen and oxygen atoms in total. The number of aromatic hydroxyl groups is 1. The number of fused-ring (bicyclic) bond motifs is 3. The summed E-state index contributed by atoms with van der Waals surface area (Å²) in [5.41, 5.74) is 3.68. The number of benzene rings is 2. The molecule has 2 aromatic rings. The normalized spacial score (nSPS) is 30.5. The van der Waals surface area contributed by atoms with Gasteiger partial charge >= 0.3 is 0 Å². The molecule has 0 bridgehead atoms. The van der Waals surface area contributed by atoms with E-state index in [1.165, 1.54) is 16.7 Å². The van der Waals surface area contributed by atoms with Gasteiger partial charge < -0.3 is 10.2 Å². The molecule has 0 spiro atoms. The molecule has 0 aliphatic heterocycles. The van der Waals surface area contributed by atoms with E-state index in [0.717, 1.165) is 51.4 Å². The molecule has 1 fully saturated rings. The minimum atomic E-state index is -0.492. The van der Waals surface area contributed by atoms with Crippen LogP contribution in [0.3, 0.4) is 0 Å². The van der Waals surface area contributed by atoms with Crippen molar-refractivity contribution in [1.82, 2.24) is 0 Å². The van der Waals surface area contributed by atoms with Gasteiger partial charge in [0.05, 0.1) is 5.60 Å². The average molecular weight is 351 g/mol. The second kappa shape index (κ2) is 6.74. The standard InChI is InChI=1S/C24H30O2/c1-2-12-23(26)13-14-24(16-18-6-4-3-5-7-18)20(17-23)9-8-19-15-21(25)10-11-22(19)24/h3-7,10-11,15,20,25-26H,2,8-9,12-14,16-17H2,1H3/t20-,23-,24+/m1/s1. The smallest absolute Gasteiger partial charge is 0.115 e.